The van der Waals surface area contributed by atoms with Gasteiger partial charge in [-0.15, -0.1) is 0 Å². The first-order valence-corrected chi connectivity index (χ1v) is 11.2. The third-order valence-electron chi connectivity index (χ3n) is 6.37. The number of amides is 4. The predicted octanol–water partition coefficient (Wildman–Crippen LogP) is 3.64. The van der Waals surface area contributed by atoms with Crippen LogP contribution in [0.5, 0.6) is 0 Å². The summed E-state index contributed by atoms with van der Waals surface area (Å²) in [5.41, 5.74) is 1.80. The molecule has 2 aliphatic rings. The molecule has 2 heterocycles. The SMILES string of the molecule is O=C1CCCc2cc(C(=O)CN3C(=O)NC(c4ccccc4)(c4ccccc4)C3=O)ccc2N1. The highest BCUT2D eigenvalue weighted by molar-refractivity contribution is 6.13. The summed E-state index contributed by atoms with van der Waals surface area (Å²) in [6.45, 7) is -0.378. The van der Waals surface area contributed by atoms with Crippen molar-refractivity contribution in [3.63, 3.8) is 0 Å². The minimum Gasteiger partial charge on any atom is -0.326 e. The number of aryl methyl sites for hydroxylation is 1. The maximum Gasteiger partial charge on any atom is 0.325 e. The van der Waals surface area contributed by atoms with Crippen molar-refractivity contribution in [2.75, 3.05) is 11.9 Å². The van der Waals surface area contributed by atoms with Crippen LogP contribution in [0.1, 0.15) is 39.9 Å². The molecule has 0 atom stereocenters. The number of Topliss-reactive ketones (excluding diaryl/α,β-unsaturated/α-hetero) is 1. The molecule has 0 aromatic heterocycles. The van der Waals surface area contributed by atoms with Gasteiger partial charge < -0.3 is 10.6 Å². The van der Waals surface area contributed by atoms with Crippen LogP contribution in [0.25, 0.3) is 0 Å². The number of carbonyl (C=O) groups excluding carboxylic acids is 4. The van der Waals surface area contributed by atoms with E-state index >= 15 is 0 Å². The molecule has 170 valence electrons. The molecular weight excluding hydrogens is 430 g/mol. The number of hydrogen-bond acceptors (Lipinski definition) is 4. The Balaban J connectivity index is 1.46. The number of nitrogens with zero attached hydrogens (tertiary/aromatic N) is 1. The quantitative estimate of drug-likeness (QED) is 0.455. The number of anilines is 1. The lowest BCUT2D eigenvalue weighted by Crippen LogP contribution is -2.45. The van der Waals surface area contributed by atoms with Crippen LogP contribution < -0.4 is 10.6 Å². The van der Waals surface area contributed by atoms with Crippen molar-refractivity contribution in [1.29, 1.82) is 0 Å². The number of hydrogen-bond donors (Lipinski definition) is 2. The molecule has 0 aliphatic carbocycles. The van der Waals surface area contributed by atoms with E-state index in [4.69, 9.17) is 0 Å². The average molecular weight is 453 g/mol. The summed E-state index contributed by atoms with van der Waals surface area (Å²) in [5, 5.41) is 5.70. The van der Waals surface area contributed by atoms with Gasteiger partial charge in [0.1, 0.15) is 0 Å². The molecule has 0 radical (unpaired) electrons. The number of urea groups is 1. The van der Waals surface area contributed by atoms with Crippen LogP contribution in [0.15, 0.2) is 78.9 Å². The molecule has 0 spiro atoms. The Morgan fingerprint density at radius 3 is 2.15 bits per heavy atom. The summed E-state index contributed by atoms with van der Waals surface area (Å²) in [6, 6.07) is 22.5. The van der Waals surface area contributed by atoms with Crippen LogP contribution in [-0.4, -0.2) is 35.1 Å². The van der Waals surface area contributed by atoms with Gasteiger partial charge in [-0.3, -0.25) is 19.3 Å². The molecule has 0 saturated carbocycles. The van der Waals surface area contributed by atoms with Crippen LogP contribution in [0.2, 0.25) is 0 Å². The number of carbonyl (C=O) groups is 4. The molecule has 34 heavy (non-hydrogen) atoms. The maximum atomic E-state index is 13.8. The Hall–Kier alpha value is -4.26. The van der Waals surface area contributed by atoms with Crippen LogP contribution in [-0.2, 0) is 21.5 Å². The van der Waals surface area contributed by atoms with Crippen molar-refractivity contribution in [3.05, 3.63) is 101 Å². The van der Waals surface area contributed by atoms with Crippen molar-refractivity contribution >= 4 is 29.3 Å². The van der Waals surface area contributed by atoms with Crippen LogP contribution in [0.4, 0.5) is 10.5 Å². The molecule has 7 nitrogen and oxygen atoms in total. The normalized spacial score (nSPS) is 16.9. The largest absolute Gasteiger partial charge is 0.326 e. The number of nitrogens with one attached hydrogen (secondary N) is 2. The molecule has 1 saturated heterocycles. The molecule has 7 heteroatoms. The highest BCUT2D eigenvalue weighted by atomic mass is 16.2. The smallest absolute Gasteiger partial charge is 0.325 e. The fourth-order valence-corrected chi connectivity index (χ4v) is 4.64. The highest BCUT2D eigenvalue weighted by Gasteiger charge is 2.54. The lowest BCUT2D eigenvalue weighted by Gasteiger charge is -2.28. The first-order chi connectivity index (χ1) is 16.5. The molecule has 0 unspecified atom stereocenters. The molecule has 2 aliphatic heterocycles. The van der Waals surface area contributed by atoms with Gasteiger partial charge in [0.05, 0.1) is 6.54 Å². The van der Waals surface area contributed by atoms with Crippen molar-refractivity contribution in [2.45, 2.75) is 24.8 Å². The molecule has 5 rings (SSSR count). The van der Waals surface area contributed by atoms with Crippen molar-refractivity contribution in [3.8, 4) is 0 Å². The predicted molar refractivity (Wildman–Crippen MR) is 126 cm³/mol. The lowest BCUT2D eigenvalue weighted by atomic mass is 9.82. The zero-order valence-corrected chi connectivity index (χ0v) is 18.4. The summed E-state index contributed by atoms with van der Waals surface area (Å²) in [5.74, 6) is -0.889. The number of ketones is 1. The second-order valence-electron chi connectivity index (χ2n) is 8.50. The Labute approximate surface area is 196 Å². The number of rotatable bonds is 5. The van der Waals surface area contributed by atoms with E-state index in [0.29, 0.717) is 41.6 Å². The van der Waals surface area contributed by atoms with E-state index in [1.54, 1.807) is 42.5 Å². The molecule has 0 bridgehead atoms. The first-order valence-electron chi connectivity index (χ1n) is 11.2. The van der Waals surface area contributed by atoms with Crippen molar-refractivity contribution in [2.24, 2.45) is 0 Å². The van der Waals surface area contributed by atoms with Gasteiger partial charge in [-0.05, 0) is 47.7 Å². The van der Waals surface area contributed by atoms with E-state index in [2.05, 4.69) is 10.6 Å². The molecule has 3 aromatic carbocycles. The third kappa shape index (κ3) is 3.65. The van der Waals surface area contributed by atoms with Gasteiger partial charge in [0.25, 0.3) is 5.91 Å². The number of fused-ring (bicyclic) bond motifs is 1. The molecular formula is C27H23N3O4. The monoisotopic (exact) mass is 453 g/mol. The molecule has 1 fully saturated rings. The standard InChI is InChI=1S/C27H23N3O4/c31-23(19-14-15-22-18(16-19)8-7-13-24(32)28-22)17-30-25(33)27(29-26(30)34,20-9-3-1-4-10-20)21-11-5-2-6-12-21/h1-6,9-12,14-16H,7-8,13,17H2,(H,28,32)(H,29,34). The van der Waals surface area contributed by atoms with Gasteiger partial charge in [-0.1, -0.05) is 60.7 Å². The van der Waals surface area contributed by atoms with Gasteiger partial charge in [-0.25, -0.2) is 4.79 Å². The summed E-state index contributed by atoms with van der Waals surface area (Å²) < 4.78 is 0. The molecule has 3 aromatic rings. The zero-order chi connectivity index (χ0) is 23.7. The zero-order valence-electron chi connectivity index (χ0n) is 18.4. The Morgan fingerprint density at radius 1 is 0.853 bits per heavy atom. The summed E-state index contributed by atoms with van der Waals surface area (Å²) in [4.78, 5) is 52.7. The fourth-order valence-electron chi connectivity index (χ4n) is 4.64. The van der Waals surface area contributed by atoms with Crippen LogP contribution in [0.3, 0.4) is 0 Å². The summed E-state index contributed by atoms with van der Waals surface area (Å²) >= 11 is 0. The third-order valence-corrected chi connectivity index (χ3v) is 6.37. The van der Waals surface area contributed by atoms with E-state index in [1.165, 1.54) is 0 Å². The minimum atomic E-state index is -1.40. The summed E-state index contributed by atoms with van der Waals surface area (Å²) in [6.07, 6.45) is 1.80. The maximum absolute atomic E-state index is 13.8. The van der Waals surface area contributed by atoms with Gasteiger partial charge in [0, 0.05) is 17.7 Å². The average Bonchev–Trinajstić information content (AvgIpc) is 2.99. The van der Waals surface area contributed by atoms with E-state index in [0.717, 1.165) is 10.5 Å². The van der Waals surface area contributed by atoms with Crippen molar-refractivity contribution in [1.82, 2.24) is 10.2 Å². The van der Waals surface area contributed by atoms with E-state index in [9.17, 15) is 19.2 Å². The molecule has 4 amide bonds. The van der Waals surface area contributed by atoms with Crippen LogP contribution in [0, 0.1) is 0 Å². The number of imide groups is 1. The molecule has 2 N–H and O–H groups in total. The first kappa shape index (κ1) is 21.6. The van der Waals surface area contributed by atoms with E-state index < -0.39 is 17.5 Å². The fraction of sp³-hybridized carbons (Fsp3) is 0.185. The summed E-state index contributed by atoms with van der Waals surface area (Å²) in [7, 11) is 0. The van der Waals surface area contributed by atoms with Crippen LogP contribution >= 0.6 is 0 Å². The topological polar surface area (TPSA) is 95.6 Å². The van der Waals surface area contributed by atoms with Gasteiger partial charge in [-0.2, -0.15) is 0 Å². The lowest BCUT2D eigenvalue weighted by molar-refractivity contribution is -0.130. The van der Waals surface area contributed by atoms with E-state index in [-0.39, 0.29) is 18.2 Å². The Bertz CT molecular complexity index is 1250. The Kier molecular flexibility index (Phi) is 5.45. The minimum absolute atomic E-state index is 0.0460. The number of benzene rings is 3. The highest BCUT2D eigenvalue weighted by Crippen LogP contribution is 2.36. The second-order valence-corrected chi connectivity index (χ2v) is 8.50. The van der Waals surface area contributed by atoms with E-state index in [1.807, 2.05) is 36.4 Å². The van der Waals surface area contributed by atoms with Gasteiger partial charge >= 0.3 is 6.03 Å². The second kappa shape index (κ2) is 8.59. The van der Waals surface area contributed by atoms with Gasteiger partial charge in [0.2, 0.25) is 5.91 Å². The van der Waals surface area contributed by atoms with Crippen molar-refractivity contribution < 1.29 is 19.2 Å². The Morgan fingerprint density at radius 2 is 1.50 bits per heavy atom. The van der Waals surface area contributed by atoms with Gasteiger partial charge in [0.15, 0.2) is 11.3 Å².